The highest BCUT2D eigenvalue weighted by Gasteiger charge is 2.36. The van der Waals surface area contributed by atoms with Gasteiger partial charge in [-0.3, -0.25) is 0 Å². The van der Waals surface area contributed by atoms with Gasteiger partial charge in [0.2, 0.25) is 0 Å². The summed E-state index contributed by atoms with van der Waals surface area (Å²) in [5, 5.41) is 22.0. The summed E-state index contributed by atoms with van der Waals surface area (Å²) in [7, 11) is 3.16. The van der Waals surface area contributed by atoms with Crippen LogP contribution in [-0.2, 0) is 12.6 Å². The molecule has 0 saturated heterocycles. The van der Waals surface area contributed by atoms with Gasteiger partial charge < -0.3 is 20.0 Å². The Morgan fingerprint density at radius 1 is 1.19 bits per heavy atom. The van der Waals surface area contributed by atoms with Crippen LogP contribution in [0.1, 0.15) is 46.2 Å². The Kier molecular flexibility index (Phi) is 7.11. The van der Waals surface area contributed by atoms with Gasteiger partial charge in [-0.2, -0.15) is 18.3 Å². The van der Waals surface area contributed by atoms with Crippen LogP contribution >= 0.6 is 0 Å². The van der Waals surface area contributed by atoms with E-state index in [1.807, 2.05) is 31.2 Å². The summed E-state index contributed by atoms with van der Waals surface area (Å²) in [5.74, 6) is -0.349. The Morgan fingerprint density at radius 3 is 2.59 bits per heavy atom. The lowest BCUT2D eigenvalue weighted by Crippen LogP contribution is -2.24. The molecule has 0 saturated carbocycles. The molecule has 37 heavy (non-hydrogen) atoms. The van der Waals surface area contributed by atoms with Crippen LogP contribution in [0.25, 0.3) is 11.8 Å². The molecular weight excluding hydrogens is 487 g/mol. The molecule has 0 bridgehead atoms. The third kappa shape index (κ3) is 5.23. The minimum Gasteiger partial charge on any atom is -0.497 e. The number of hydrogen-bond acceptors (Lipinski definition) is 5. The van der Waals surface area contributed by atoms with Gasteiger partial charge in [-0.15, -0.1) is 0 Å². The molecule has 2 atom stereocenters. The Bertz CT molecular complexity index is 1380. The first-order valence-corrected chi connectivity index (χ1v) is 11.5. The topological polar surface area (TPSA) is 97.4 Å². The summed E-state index contributed by atoms with van der Waals surface area (Å²) in [4.78, 5) is 11.7. The van der Waals surface area contributed by atoms with E-state index in [1.165, 1.54) is 12.1 Å². The third-order valence-corrected chi connectivity index (χ3v) is 6.57. The highest BCUT2D eigenvalue weighted by Crippen LogP contribution is 2.35. The highest BCUT2D eigenvalue weighted by atomic mass is 19.4. The molecule has 0 aliphatic heterocycles. The van der Waals surface area contributed by atoms with Crippen LogP contribution in [-0.4, -0.2) is 40.8 Å². The van der Waals surface area contributed by atoms with Crippen molar-refractivity contribution in [3.8, 4) is 17.2 Å². The van der Waals surface area contributed by atoms with Gasteiger partial charge in [-0.1, -0.05) is 31.2 Å². The molecule has 1 heterocycles. The molecule has 7 nitrogen and oxygen atoms in total. The lowest BCUT2D eigenvalue weighted by atomic mass is 9.81. The summed E-state index contributed by atoms with van der Waals surface area (Å²) < 4.78 is 51.3. The molecule has 1 aliphatic carbocycles. The van der Waals surface area contributed by atoms with Crippen molar-refractivity contribution >= 4 is 17.8 Å². The molecular formula is C27H26F3N3O4. The molecule has 1 aromatic heterocycles. The number of alkyl halides is 3. The number of hydrogen-bond donors (Lipinski definition) is 2. The summed E-state index contributed by atoms with van der Waals surface area (Å²) in [6.45, 7) is 2.04. The number of carbonyl (C=O) groups is 1. The maximum atomic E-state index is 13.2. The lowest BCUT2D eigenvalue weighted by Gasteiger charge is -2.25. The van der Waals surface area contributed by atoms with Crippen molar-refractivity contribution in [2.45, 2.75) is 25.9 Å². The third-order valence-electron chi connectivity index (χ3n) is 6.57. The van der Waals surface area contributed by atoms with Crippen LogP contribution in [0.15, 0.2) is 48.5 Å². The molecule has 1 aliphatic rings. The smallest absolute Gasteiger partial charge is 0.435 e. The number of aromatic nitrogens is 2. The fourth-order valence-corrected chi connectivity index (χ4v) is 4.61. The van der Waals surface area contributed by atoms with Crippen molar-refractivity contribution in [1.29, 1.82) is 5.41 Å². The Labute approximate surface area is 211 Å². The van der Waals surface area contributed by atoms with Crippen molar-refractivity contribution in [2.75, 3.05) is 14.2 Å². The molecule has 2 unspecified atom stereocenters. The van der Waals surface area contributed by atoms with Crippen LogP contribution in [0.5, 0.6) is 11.5 Å². The predicted octanol–water partition coefficient (Wildman–Crippen LogP) is 5.89. The number of rotatable bonds is 7. The second-order valence-electron chi connectivity index (χ2n) is 8.92. The Morgan fingerprint density at radius 2 is 1.95 bits per heavy atom. The van der Waals surface area contributed by atoms with Gasteiger partial charge in [0.25, 0.3) is 0 Å². The molecule has 0 amide bonds. The van der Waals surface area contributed by atoms with Crippen LogP contribution < -0.4 is 9.47 Å². The normalized spacial score (nSPS) is 16.2. The maximum Gasteiger partial charge on any atom is 0.435 e. The first-order chi connectivity index (χ1) is 17.5. The second-order valence-corrected chi connectivity index (χ2v) is 8.92. The van der Waals surface area contributed by atoms with Gasteiger partial charge in [0, 0.05) is 29.3 Å². The molecule has 194 valence electrons. The summed E-state index contributed by atoms with van der Waals surface area (Å²) in [6, 6.07) is 10.8. The second kappa shape index (κ2) is 10.1. The summed E-state index contributed by atoms with van der Waals surface area (Å²) >= 11 is 0. The number of methoxy groups -OCH3 is 2. The van der Waals surface area contributed by atoms with E-state index in [1.54, 1.807) is 26.4 Å². The number of carboxylic acid groups (broad SMARTS) is 1. The number of carboxylic acids is 1. The average Bonchev–Trinajstić information content (AvgIpc) is 3.26. The van der Waals surface area contributed by atoms with E-state index < -0.39 is 23.5 Å². The molecule has 0 spiro atoms. The largest absolute Gasteiger partial charge is 0.497 e. The van der Waals surface area contributed by atoms with E-state index in [0.717, 1.165) is 15.8 Å². The van der Waals surface area contributed by atoms with Crippen molar-refractivity contribution < 1.29 is 32.5 Å². The minimum atomic E-state index is -4.79. The summed E-state index contributed by atoms with van der Waals surface area (Å²) in [5.41, 5.74) is 0.759. The average molecular weight is 514 g/mol. The van der Waals surface area contributed by atoms with E-state index in [9.17, 15) is 23.1 Å². The number of ether oxygens (including phenoxy) is 2. The number of aromatic carboxylic acids is 1. The van der Waals surface area contributed by atoms with Gasteiger partial charge in [-0.25, -0.2) is 9.48 Å². The van der Waals surface area contributed by atoms with E-state index in [4.69, 9.17) is 14.9 Å². The van der Waals surface area contributed by atoms with Crippen LogP contribution in [0, 0.1) is 17.2 Å². The van der Waals surface area contributed by atoms with Crippen LogP contribution in [0.2, 0.25) is 0 Å². The number of nitrogens with one attached hydrogen (secondary N) is 1. The molecule has 0 fully saturated rings. The molecule has 2 N–H and O–H groups in total. The van der Waals surface area contributed by atoms with Gasteiger partial charge in [0.15, 0.2) is 11.4 Å². The monoisotopic (exact) mass is 513 g/mol. The van der Waals surface area contributed by atoms with Gasteiger partial charge >= 0.3 is 12.1 Å². The fraction of sp³-hybridized carbons (Fsp3) is 0.296. The number of fused-ring (bicyclic) bond motifs is 1. The highest BCUT2D eigenvalue weighted by molar-refractivity contribution is 6.04. The number of allylic oxidation sites excluding steroid dienone is 1. The van der Waals surface area contributed by atoms with Crippen molar-refractivity contribution in [3.05, 3.63) is 76.6 Å². The molecule has 10 heteroatoms. The zero-order valence-corrected chi connectivity index (χ0v) is 20.5. The van der Waals surface area contributed by atoms with Gasteiger partial charge in [0.1, 0.15) is 11.5 Å². The standard InChI is InChI=1S/C27H26F3N3O4/c1-15(11-17-8-10-19(36-2)13-23(17)37-3)20-6-4-5-16-7-9-18(12-21(16)25(20)31)33-22(26(34)35)14-24(32-33)27(28,29)30/h4-5,7-10,12-15,20,31H,6,11H2,1-3H3,(H,34,35). The van der Waals surface area contributed by atoms with E-state index in [0.29, 0.717) is 41.7 Å². The number of halogens is 3. The van der Waals surface area contributed by atoms with Crippen LogP contribution in [0.4, 0.5) is 13.2 Å². The SMILES string of the molecule is COc1ccc(CC(C)C2CC=Cc3ccc(-n4nc(C(F)(F)F)cc4C(=O)O)cc3C2=N)c(OC)c1. The zero-order chi connectivity index (χ0) is 26.9. The van der Waals surface area contributed by atoms with Gasteiger partial charge in [0.05, 0.1) is 19.9 Å². The predicted molar refractivity (Wildman–Crippen MR) is 132 cm³/mol. The number of nitrogens with zero attached hydrogens (tertiary/aromatic N) is 2. The van der Waals surface area contributed by atoms with E-state index >= 15 is 0 Å². The lowest BCUT2D eigenvalue weighted by molar-refractivity contribution is -0.141. The first kappa shape index (κ1) is 26.0. The quantitative estimate of drug-likeness (QED) is 0.411. The van der Waals surface area contributed by atoms with Crippen molar-refractivity contribution in [3.63, 3.8) is 0 Å². The minimum absolute atomic E-state index is 0.0187. The van der Waals surface area contributed by atoms with Gasteiger partial charge in [-0.05, 0) is 48.1 Å². The molecule has 4 rings (SSSR count). The Hall–Kier alpha value is -4.08. The first-order valence-electron chi connectivity index (χ1n) is 11.5. The summed E-state index contributed by atoms with van der Waals surface area (Å²) in [6.07, 6.45) is 0.282. The molecule has 3 aromatic rings. The van der Waals surface area contributed by atoms with Crippen molar-refractivity contribution in [1.82, 2.24) is 9.78 Å². The fourth-order valence-electron chi connectivity index (χ4n) is 4.61. The van der Waals surface area contributed by atoms with E-state index in [2.05, 4.69) is 5.10 Å². The number of benzene rings is 2. The maximum absolute atomic E-state index is 13.2. The Balaban J connectivity index is 1.68. The van der Waals surface area contributed by atoms with Crippen molar-refractivity contribution in [2.24, 2.45) is 11.8 Å². The van der Waals surface area contributed by atoms with Crippen LogP contribution in [0.3, 0.4) is 0 Å². The molecule has 0 radical (unpaired) electrons. The molecule has 2 aromatic carbocycles. The zero-order valence-electron chi connectivity index (χ0n) is 20.5. The van der Waals surface area contributed by atoms with E-state index in [-0.39, 0.29) is 17.5 Å².